The molecule has 0 saturated carbocycles. The molecule has 0 aliphatic carbocycles. The van der Waals surface area contributed by atoms with E-state index in [0.717, 1.165) is 5.39 Å². The van der Waals surface area contributed by atoms with Gasteiger partial charge in [-0.3, -0.25) is 4.79 Å². The molecule has 0 aliphatic rings. The van der Waals surface area contributed by atoms with Gasteiger partial charge >= 0.3 is 7.12 Å². The highest BCUT2D eigenvalue weighted by molar-refractivity contribution is 6.58. The lowest BCUT2D eigenvalue weighted by Crippen LogP contribution is -2.33. The second-order valence-corrected chi connectivity index (χ2v) is 5.46. The standard InChI is InChI=1S/C16H15BFN3O3.CH2O2/c1-8-11-7-9(3-4-10(11)16(19)21-20-8)14-13(24-2)6-5-12(15(14)18)17(22)23;2-1-3/h3-7,22-23H,1-2H3,(H2,19,21);1H,(H,2,3). The van der Waals surface area contributed by atoms with Crippen molar-refractivity contribution in [3.05, 3.63) is 41.8 Å². The molecular formula is C17H17BFN3O5. The van der Waals surface area contributed by atoms with Crippen molar-refractivity contribution in [1.82, 2.24) is 10.2 Å². The third kappa shape index (κ3) is 3.96. The summed E-state index contributed by atoms with van der Waals surface area (Å²) in [6.45, 7) is 1.53. The normalized spacial score (nSPS) is 10.1. The Hall–Kier alpha value is -3.24. The Labute approximate surface area is 154 Å². The van der Waals surface area contributed by atoms with Gasteiger partial charge in [0.25, 0.3) is 6.47 Å². The van der Waals surface area contributed by atoms with Gasteiger partial charge < -0.3 is 25.6 Å². The van der Waals surface area contributed by atoms with Crippen LogP contribution in [0.25, 0.3) is 21.9 Å². The predicted molar refractivity (Wildman–Crippen MR) is 99.2 cm³/mol. The molecule has 2 aromatic carbocycles. The van der Waals surface area contributed by atoms with Gasteiger partial charge in [0.05, 0.1) is 18.4 Å². The molecule has 0 spiro atoms. The van der Waals surface area contributed by atoms with Crippen LogP contribution in [0.2, 0.25) is 0 Å². The Morgan fingerprint density at radius 2 is 1.85 bits per heavy atom. The number of benzene rings is 2. The summed E-state index contributed by atoms with van der Waals surface area (Å²) in [5.74, 6) is -0.186. The fourth-order valence-electron chi connectivity index (χ4n) is 2.67. The quantitative estimate of drug-likeness (QED) is 0.389. The fraction of sp³-hybridized carbons (Fsp3) is 0.118. The van der Waals surface area contributed by atoms with E-state index in [0.29, 0.717) is 16.6 Å². The SMILES string of the molecule is COc1ccc(B(O)O)c(F)c1-c1ccc2c(N)nnc(C)c2c1.O=CO. The van der Waals surface area contributed by atoms with Crippen molar-refractivity contribution < 1.29 is 29.1 Å². The highest BCUT2D eigenvalue weighted by Gasteiger charge is 2.23. The number of rotatable bonds is 3. The summed E-state index contributed by atoms with van der Waals surface area (Å²) in [7, 11) is -0.498. The van der Waals surface area contributed by atoms with E-state index in [1.54, 1.807) is 25.1 Å². The van der Waals surface area contributed by atoms with Crippen molar-refractivity contribution in [3.63, 3.8) is 0 Å². The van der Waals surface area contributed by atoms with Crippen LogP contribution in [0, 0.1) is 12.7 Å². The molecule has 3 aromatic rings. The first kappa shape index (κ1) is 20.1. The van der Waals surface area contributed by atoms with E-state index < -0.39 is 12.9 Å². The zero-order valence-corrected chi connectivity index (χ0v) is 14.5. The van der Waals surface area contributed by atoms with Crippen molar-refractivity contribution in [1.29, 1.82) is 0 Å². The molecule has 0 atom stereocenters. The third-order valence-electron chi connectivity index (χ3n) is 3.91. The number of fused-ring (bicyclic) bond motifs is 1. The van der Waals surface area contributed by atoms with Crippen LogP contribution < -0.4 is 15.9 Å². The largest absolute Gasteiger partial charge is 0.496 e. The molecule has 0 saturated heterocycles. The molecule has 8 nitrogen and oxygen atoms in total. The predicted octanol–water partition coefficient (Wildman–Crippen LogP) is 0.716. The van der Waals surface area contributed by atoms with Gasteiger partial charge in [0.15, 0.2) is 5.82 Å². The van der Waals surface area contributed by atoms with E-state index in [2.05, 4.69) is 10.2 Å². The Balaban J connectivity index is 0.000000817. The molecule has 140 valence electrons. The summed E-state index contributed by atoms with van der Waals surface area (Å²) >= 11 is 0. The average Bonchev–Trinajstić information content (AvgIpc) is 2.64. The molecular weight excluding hydrogens is 356 g/mol. The highest BCUT2D eigenvalue weighted by Crippen LogP contribution is 2.34. The summed E-state index contributed by atoms with van der Waals surface area (Å²) in [5.41, 5.74) is 6.90. The van der Waals surface area contributed by atoms with Gasteiger partial charge in [0, 0.05) is 16.2 Å². The molecule has 0 bridgehead atoms. The molecule has 0 amide bonds. The number of carboxylic acid groups (broad SMARTS) is 1. The molecule has 0 aliphatic heterocycles. The molecule has 0 fully saturated rings. The fourth-order valence-corrected chi connectivity index (χ4v) is 2.67. The Morgan fingerprint density at radius 3 is 2.44 bits per heavy atom. The second kappa shape index (κ2) is 8.43. The van der Waals surface area contributed by atoms with Crippen LogP contribution in [0.4, 0.5) is 10.2 Å². The molecule has 1 heterocycles. The van der Waals surface area contributed by atoms with Gasteiger partial charge in [-0.25, -0.2) is 4.39 Å². The number of hydrogen-bond acceptors (Lipinski definition) is 7. The smallest absolute Gasteiger partial charge is 0.491 e. The number of halogens is 1. The number of ether oxygens (including phenoxy) is 1. The number of hydrogen-bond donors (Lipinski definition) is 4. The van der Waals surface area contributed by atoms with Crippen molar-refractivity contribution in [3.8, 4) is 16.9 Å². The van der Waals surface area contributed by atoms with Crippen molar-refractivity contribution in [2.75, 3.05) is 12.8 Å². The summed E-state index contributed by atoms with van der Waals surface area (Å²) < 4.78 is 20.0. The molecule has 0 radical (unpaired) electrons. The first-order valence-electron chi connectivity index (χ1n) is 7.68. The maximum atomic E-state index is 14.8. The lowest BCUT2D eigenvalue weighted by molar-refractivity contribution is -0.122. The van der Waals surface area contributed by atoms with Crippen molar-refractivity contribution in [2.24, 2.45) is 0 Å². The summed E-state index contributed by atoms with van der Waals surface area (Å²) in [6, 6.07) is 7.89. The van der Waals surface area contributed by atoms with Crippen molar-refractivity contribution in [2.45, 2.75) is 6.92 Å². The number of anilines is 1. The van der Waals surface area contributed by atoms with Gasteiger partial charge in [-0.1, -0.05) is 12.1 Å². The molecule has 1 aromatic heterocycles. The van der Waals surface area contributed by atoms with Gasteiger partial charge in [-0.15, -0.1) is 5.10 Å². The van der Waals surface area contributed by atoms with Crippen LogP contribution in [0.1, 0.15) is 5.69 Å². The van der Waals surface area contributed by atoms with Crippen LogP contribution in [0.3, 0.4) is 0 Å². The van der Waals surface area contributed by atoms with E-state index in [9.17, 15) is 14.4 Å². The zero-order valence-electron chi connectivity index (χ0n) is 14.5. The molecule has 0 unspecified atom stereocenters. The topological polar surface area (TPSA) is 139 Å². The molecule has 10 heteroatoms. The van der Waals surface area contributed by atoms with Crippen LogP contribution >= 0.6 is 0 Å². The maximum absolute atomic E-state index is 14.8. The highest BCUT2D eigenvalue weighted by atomic mass is 19.1. The molecule has 27 heavy (non-hydrogen) atoms. The Kier molecular flexibility index (Phi) is 6.27. The number of aryl methyl sites for hydroxylation is 1. The van der Waals surface area contributed by atoms with Crippen LogP contribution in [-0.2, 0) is 4.79 Å². The average molecular weight is 373 g/mol. The number of nitrogens with zero attached hydrogens (tertiary/aromatic N) is 2. The van der Waals surface area contributed by atoms with Gasteiger partial charge in [0.2, 0.25) is 0 Å². The lowest BCUT2D eigenvalue weighted by atomic mass is 9.78. The van der Waals surface area contributed by atoms with Crippen LogP contribution in [-0.4, -0.2) is 46.1 Å². The first-order valence-corrected chi connectivity index (χ1v) is 7.68. The van der Waals surface area contributed by atoms with Gasteiger partial charge in [-0.2, -0.15) is 5.10 Å². The van der Waals surface area contributed by atoms with Gasteiger partial charge in [-0.05, 0) is 30.7 Å². The summed E-state index contributed by atoms with van der Waals surface area (Å²) in [6.07, 6.45) is 0. The third-order valence-corrected chi connectivity index (χ3v) is 3.91. The minimum atomic E-state index is -1.92. The summed E-state index contributed by atoms with van der Waals surface area (Å²) in [5, 5.41) is 34.8. The summed E-state index contributed by atoms with van der Waals surface area (Å²) in [4.78, 5) is 8.36. The first-order chi connectivity index (χ1) is 12.8. The molecule has 3 rings (SSSR count). The number of methoxy groups -OCH3 is 1. The van der Waals surface area contributed by atoms with E-state index in [1.165, 1.54) is 19.2 Å². The Morgan fingerprint density at radius 1 is 1.19 bits per heavy atom. The van der Waals surface area contributed by atoms with Crippen molar-refractivity contribution >= 4 is 35.6 Å². The van der Waals surface area contributed by atoms with Crippen LogP contribution in [0.15, 0.2) is 30.3 Å². The minimum Gasteiger partial charge on any atom is -0.496 e. The zero-order chi connectivity index (χ0) is 20.1. The number of nitrogen functional groups attached to an aromatic ring is 1. The van der Waals surface area contributed by atoms with E-state index in [4.69, 9.17) is 20.4 Å². The monoisotopic (exact) mass is 373 g/mol. The number of carbonyl (C=O) groups is 1. The lowest BCUT2D eigenvalue weighted by Gasteiger charge is -2.14. The van der Waals surface area contributed by atoms with Crippen LogP contribution in [0.5, 0.6) is 5.75 Å². The van der Waals surface area contributed by atoms with Gasteiger partial charge in [0.1, 0.15) is 11.6 Å². The number of aromatic nitrogens is 2. The van der Waals surface area contributed by atoms with E-state index in [-0.39, 0.29) is 29.1 Å². The Bertz CT molecular complexity index is 984. The maximum Gasteiger partial charge on any atom is 0.491 e. The van der Waals surface area contributed by atoms with E-state index >= 15 is 0 Å². The molecule has 5 N–H and O–H groups in total. The second-order valence-electron chi connectivity index (χ2n) is 5.46. The van der Waals surface area contributed by atoms with E-state index in [1.807, 2.05) is 0 Å². The minimum absolute atomic E-state index is 0.139. The number of nitrogens with two attached hydrogens (primary N) is 1.